The second kappa shape index (κ2) is 4.77. The van der Waals surface area contributed by atoms with Crippen LogP contribution in [-0.4, -0.2) is 35.3 Å². The van der Waals surface area contributed by atoms with E-state index < -0.39 is 9.84 Å². The van der Waals surface area contributed by atoms with Gasteiger partial charge in [0, 0.05) is 29.2 Å². The minimum absolute atomic E-state index is 0.182. The molecule has 5 nitrogen and oxygen atoms in total. The number of hydrogen-bond acceptors (Lipinski definition) is 6. The highest BCUT2D eigenvalue weighted by atomic mass is 32.2. The van der Waals surface area contributed by atoms with Gasteiger partial charge in [0.05, 0.1) is 5.75 Å². The van der Waals surface area contributed by atoms with Gasteiger partial charge >= 0.3 is 0 Å². The molecule has 0 atom stereocenters. The summed E-state index contributed by atoms with van der Waals surface area (Å²) in [5.41, 5.74) is -0.288. The summed E-state index contributed by atoms with van der Waals surface area (Å²) in [7, 11) is -2.92. The predicted molar refractivity (Wildman–Crippen MR) is 73.9 cm³/mol. The highest BCUT2D eigenvalue weighted by Crippen LogP contribution is 2.39. The topological polar surface area (TPSA) is 72.0 Å². The Morgan fingerprint density at radius 2 is 2.11 bits per heavy atom. The summed E-state index contributed by atoms with van der Waals surface area (Å²) in [4.78, 5) is 4.45. The number of sulfone groups is 1. The van der Waals surface area contributed by atoms with Gasteiger partial charge in [-0.1, -0.05) is 0 Å². The normalized spacial score (nSPS) is 16.8. The maximum Gasteiger partial charge on any atom is 0.202 e. The molecule has 0 bridgehead atoms. The van der Waals surface area contributed by atoms with Crippen LogP contribution in [0.2, 0.25) is 0 Å². The minimum atomic E-state index is -2.92. The van der Waals surface area contributed by atoms with Gasteiger partial charge in [0.25, 0.3) is 0 Å². The second-order valence-electron chi connectivity index (χ2n) is 5.62. The van der Waals surface area contributed by atoms with E-state index in [-0.39, 0.29) is 11.3 Å². The number of aromatic nitrogens is 2. The van der Waals surface area contributed by atoms with Crippen LogP contribution in [0.15, 0.2) is 0 Å². The monoisotopic (exact) mass is 289 g/mol. The van der Waals surface area contributed by atoms with E-state index in [1.807, 2.05) is 13.8 Å². The van der Waals surface area contributed by atoms with Gasteiger partial charge in [-0.05, 0) is 33.1 Å². The maximum atomic E-state index is 11.2. The molecule has 1 fully saturated rings. The molecule has 7 heteroatoms. The molecule has 1 N–H and O–H groups in total. The van der Waals surface area contributed by atoms with Crippen LogP contribution in [0.3, 0.4) is 0 Å². The Morgan fingerprint density at radius 1 is 1.44 bits per heavy atom. The third-order valence-corrected chi connectivity index (χ3v) is 4.52. The summed E-state index contributed by atoms with van der Waals surface area (Å²) < 4.78 is 26.7. The van der Waals surface area contributed by atoms with Crippen molar-refractivity contribution in [2.75, 3.05) is 17.3 Å². The van der Waals surface area contributed by atoms with Crippen molar-refractivity contribution in [2.45, 2.75) is 44.6 Å². The molecule has 1 heterocycles. The summed E-state index contributed by atoms with van der Waals surface area (Å²) in [5.74, 6) is 1.67. The Balaban J connectivity index is 1.93. The van der Waals surface area contributed by atoms with Gasteiger partial charge in [-0.2, -0.15) is 4.37 Å². The lowest BCUT2D eigenvalue weighted by Gasteiger charge is -2.25. The molecule has 0 amide bonds. The Bertz CT molecular complexity index is 518. The van der Waals surface area contributed by atoms with Crippen LogP contribution < -0.4 is 5.32 Å². The van der Waals surface area contributed by atoms with E-state index in [1.165, 1.54) is 30.6 Å². The fraction of sp³-hybridized carbons (Fsp3) is 0.818. The summed E-state index contributed by atoms with van der Waals surface area (Å²) in [6.07, 6.45) is 4.20. The van der Waals surface area contributed by atoms with Crippen LogP contribution in [0, 0.1) is 0 Å². The van der Waals surface area contributed by atoms with Crippen molar-refractivity contribution >= 4 is 26.5 Å². The van der Waals surface area contributed by atoms with E-state index in [2.05, 4.69) is 14.7 Å². The Hall–Kier alpha value is -0.690. The SMILES string of the molecule is CC(C)(CCS(C)(=O)=O)Nc1nc(C2CC2)ns1. The molecule has 0 unspecified atom stereocenters. The summed E-state index contributed by atoms with van der Waals surface area (Å²) in [5, 5.41) is 4.06. The summed E-state index contributed by atoms with van der Waals surface area (Å²) in [6, 6.07) is 0. The van der Waals surface area contributed by atoms with Crippen LogP contribution in [0.25, 0.3) is 0 Å². The molecular formula is C11H19N3O2S2. The molecular weight excluding hydrogens is 270 g/mol. The standard InChI is InChI=1S/C11H19N3O2S2/c1-11(2,6-7-18(3,15)16)13-10-12-9(14-17-10)8-4-5-8/h8H,4-7H2,1-3H3,(H,12,13,14). The van der Waals surface area contributed by atoms with Crippen LogP contribution in [-0.2, 0) is 9.84 Å². The van der Waals surface area contributed by atoms with Gasteiger partial charge in [0.15, 0.2) is 0 Å². The van der Waals surface area contributed by atoms with Crippen LogP contribution >= 0.6 is 11.5 Å². The maximum absolute atomic E-state index is 11.2. The average Bonchev–Trinajstić information content (AvgIpc) is 2.97. The van der Waals surface area contributed by atoms with E-state index >= 15 is 0 Å². The third-order valence-electron chi connectivity index (χ3n) is 2.93. The van der Waals surface area contributed by atoms with Crippen LogP contribution in [0.1, 0.15) is 44.9 Å². The molecule has 102 valence electrons. The number of rotatable bonds is 6. The minimum Gasteiger partial charge on any atom is -0.355 e. The molecule has 1 aromatic heterocycles. The van der Waals surface area contributed by atoms with E-state index in [4.69, 9.17) is 0 Å². The first-order valence-corrected chi connectivity index (χ1v) is 8.88. The molecule has 1 aliphatic carbocycles. The van der Waals surface area contributed by atoms with E-state index in [1.54, 1.807) is 0 Å². The Kier molecular flexibility index (Phi) is 3.64. The molecule has 0 aromatic carbocycles. The fourth-order valence-corrected chi connectivity index (χ4v) is 3.29. The molecule has 18 heavy (non-hydrogen) atoms. The lowest BCUT2D eigenvalue weighted by atomic mass is 10.0. The zero-order valence-electron chi connectivity index (χ0n) is 10.9. The Morgan fingerprint density at radius 3 is 2.67 bits per heavy atom. The van der Waals surface area contributed by atoms with Crippen molar-refractivity contribution in [3.63, 3.8) is 0 Å². The van der Waals surface area contributed by atoms with Crippen molar-refractivity contribution in [3.8, 4) is 0 Å². The number of nitrogens with zero attached hydrogens (tertiary/aromatic N) is 2. The number of nitrogens with one attached hydrogen (secondary N) is 1. The van der Waals surface area contributed by atoms with Crippen molar-refractivity contribution in [3.05, 3.63) is 5.82 Å². The lowest BCUT2D eigenvalue weighted by Crippen LogP contribution is -2.33. The zero-order chi connectivity index (χ0) is 13.4. The number of anilines is 1. The van der Waals surface area contributed by atoms with Gasteiger partial charge in [-0.15, -0.1) is 0 Å². The van der Waals surface area contributed by atoms with E-state index in [0.29, 0.717) is 12.3 Å². The molecule has 0 radical (unpaired) electrons. The summed E-state index contributed by atoms with van der Waals surface area (Å²) in [6.45, 7) is 3.97. The molecule has 0 spiro atoms. The van der Waals surface area contributed by atoms with Gasteiger partial charge in [0.1, 0.15) is 15.7 Å². The molecule has 1 saturated carbocycles. The van der Waals surface area contributed by atoms with Gasteiger partial charge < -0.3 is 5.32 Å². The van der Waals surface area contributed by atoms with Gasteiger partial charge in [-0.25, -0.2) is 13.4 Å². The van der Waals surface area contributed by atoms with E-state index in [0.717, 1.165) is 11.0 Å². The summed E-state index contributed by atoms with van der Waals surface area (Å²) >= 11 is 1.36. The molecule has 1 aromatic rings. The van der Waals surface area contributed by atoms with Gasteiger partial charge in [-0.3, -0.25) is 0 Å². The highest BCUT2D eigenvalue weighted by molar-refractivity contribution is 7.90. The first-order valence-electron chi connectivity index (χ1n) is 6.05. The van der Waals surface area contributed by atoms with E-state index in [9.17, 15) is 8.42 Å². The first-order chi connectivity index (χ1) is 8.25. The van der Waals surface area contributed by atoms with Crippen molar-refractivity contribution < 1.29 is 8.42 Å². The molecule has 0 aliphatic heterocycles. The third kappa shape index (κ3) is 4.20. The lowest BCUT2D eigenvalue weighted by molar-refractivity contribution is 0.535. The molecule has 0 saturated heterocycles. The zero-order valence-corrected chi connectivity index (χ0v) is 12.6. The van der Waals surface area contributed by atoms with Crippen molar-refractivity contribution in [1.82, 2.24) is 9.36 Å². The quantitative estimate of drug-likeness (QED) is 0.867. The van der Waals surface area contributed by atoms with Crippen LogP contribution in [0.5, 0.6) is 0 Å². The number of hydrogen-bond donors (Lipinski definition) is 1. The molecule has 2 rings (SSSR count). The highest BCUT2D eigenvalue weighted by Gasteiger charge is 2.29. The Labute approximate surface area is 112 Å². The van der Waals surface area contributed by atoms with Crippen molar-refractivity contribution in [1.29, 1.82) is 0 Å². The van der Waals surface area contributed by atoms with Crippen LogP contribution in [0.4, 0.5) is 5.13 Å². The average molecular weight is 289 g/mol. The predicted octanol–water partition coefficient (Wildman–Crippen LogP) is 2.04. The fourth-order valence-electron chi connectivity index (χ4n) is 1.59. The largest absolute Gasteiger partial charge is 0.355 e. The van der Waals surface area contributed by atoms with Crippen molar-refractivity contribution in [2.24, 2.45) is 0 Å². The van der Waals surface area contributed by atoms with Gasteiger partial charge in [0.2, 0.25) is 5.13 Å². The second-order valence-corrected chi connectivity index (χ2v) is 8.63. The smallest absolute Gasteiger partial charge is 0.202 e. The molecule has 1 aliphatic rings. The first kappa shape index (κ1) is 13.7.